The minimum Gasteiger partial charge on any atom is -0.489 e. The van der Waals surface area contributed by atoms with Crippen LogP contribution >= 0.6 is 0 Å². The fourth-order valence-corrected chi connectivity index (χ4v) is 3.74. The molecule has 1 atom stereocenters. The van der Waals surface area contributed by atoms with E-state index in [2.05, 4.69) is 16.9 Å². The Morgan fingerprint density at radius 1 is 1.14 bits per heavy atom. The lowest BCUT2D eigenvalue weighted by Gasteiger charge is -2.36. The van der Waals surface area contributed by atoms with E-state index in [0.29, 0.717) is 6.61 Å². The number of likely N-dealkylation sites (N-methyl/N-ethyl adjacent to an activating group) is 1. The molecule has 0 amide bonds. The molecule has 4 rings (SSSR count). The van der Waals surface area contributed by atoms with Gasteiger partial charge >= 0.3 is 5.97 Å². The van der Waals surface area contributed by atoms with E-state index in [4.69, 9.17) is 4.74 Å². The van der Waals surface area contributed by atoms with Crippen molar-refractivity contribution in [1.29, 1.82) is 0 Å². The van der Waals surface area contributed by atoms with Crippen LogP contribution in [0.25, 0.3) is 10.9 Å². The molecule has 6 nitrogen and oxygen atoms in total. The summed E-state index contributed by atoms with van der Waals surface area (Å²) in [4.78, 5) is 19.6. The average Bonchev–Trinajstić information content (AvgIpc) is 3.11. The summed E-state index contributed by atoms with van der Waals surface area (Å²) in [6.07, 6.45) is 1.82. The van der Waals surface area contributed by atoms with Gasteiger partial charge in [-0.25, -0.2) is 0 Å². The number of H-pyrrole nitrogens is 1. The zero-order valence-corrected chi connectivity index (χ0v) is 16.0. The fraction of sp³-hybridized carbons (Fsp3) is 0.318. The highest BCUT2D eigenvalue weighted by molar-refractivity contribution is 5.90. The monoisotopic (exact) mass is 379 g/mol. The Kier molecular flexibility index (Phi) is 5.32. The van der Waals surface area contributed by atoms with Crippen LogP contribution in [0.4, 0.5) is 0 Å². The molecule has 146 valence electrons. The molecule has 1 aliphatic heterocycles. The molecule has 2 heterocycles. The zero-order chi connectivity index (χ0) is 19.5. The van der Waals surface area contributed by atoms with Crippen molar-refractivity contribution in [2.24, 2.45) is 0 Å². The van der Waals surface area contributed by atoms with Crippen LogP contribution in [0.15, 0.2) is 54.7 Å². The number of aromatic nitrogens is 1. The number of nitrogens with one attached hydrogen (secondary N) is 1. The number of aliphatic carboxylic acids is 1. The van der Waals surface area contributed by atoms with E-state index in [1.54, 1.807) is 0 Å². The lowest BCUT2D eigenvalue weighted by molar-refractivity contribution is -0.144. The van der Waals surface area contributed by atoms with E-state index in [0.717, 1.165) is 54.0 Å². The second-order valence-corrected chi connectivity index (χ2v) is 7.31. The lowest BCUT2D eigenvalue weighted by Crippen LogP contribution is -2.47. The summed E-state index contributed by atoms with van der Waals surface area (Å²) < 4.78 is 5.94. The van der Waals surface area contributed by atoms with Crippen LogP contribution in [0.3, 0.4) is 0 Å². The Hall–Kier alpha value is -2.83. The number of rotatable bonds is 6. The predicted molar refractivity (Wildman–Crippen MR) is 109 cm³/mol. The molecule has 0 spiro atoms. The Bertz CT molecular complexity index is 946. The third-order valence-electron chi connectivity index (χ3n) is 5.37. The summed E-state index contributed by atoms with van der Waals surface area (Å²) in [5.41, 5.74) is 2.80. The number of fused-ring (bicyclic) bond motifs is 1. The van der Waals surface area contributed by atoms with Crippen molar-refractivity contribution in [3.8, 4) is 5.75 Å². The van der Waals surface area contributed by atoms with Crippen LogP contribution in [-0.2, 0) is 11.4 Å². The Morgan fingerprint density at radius 3 is 2.61 bits per heavy atom. The standard InChI is InChI=1S/C22H25N3O3/c1-24-9-11-25(12-10-24)21(22(26)27)19-14-23-20-8-7-17(13-18(19)20)28-15-16-5-3-2-4-6-16/h2-8,13-14,21,23H,9-12,15H2,1H3,(H,26,27). The molecular weight excluding hydrogens is 354 g/mol. The summed E-state index contributed by atoms with van der Waals surface area (Å²) in [6.45, 7) is 3.71. The average molecular weight is 379 g/mol. The highest BCUT2D eigenvalue weighted by atomic mass is 16.5. The van der Waals surface area contributed by atoms with Crippen LogP contribution in [0.5, 0.6) is 5.75 Å². The summed E-state index contributed by atoms with van der Waals surface area (Å²) in [7, 11) is 2.06. The minimum atomic E-state index is -0.818. The van der Waals surface area contributed by atoms with Gasteiger partial charge in [0.25, 0.3) is 0 Å². The molecular formula is C22H25N3O3. The van der Waals surface area contributed by atoms with Gasteiger partial charge in [-0.3, -0.25) is 9.69 Å². The van der Waals surface area contributed by atoms with Gasteiger partial charge in [0.1, 0.15) is 18.4 Å². The van der Waals surface area contributed by atoms with Crippen LogP contribution in [0.2, 0.25) is 0 Å². The van der Waals surface area contributed by atoms with Crippen molar-refractivity contribution in [2.45, 2.75) is 12.6 Å². The van der Waals surface area contributed by atoms with Crippen LogP contribution < -0.4 is 4.74 Å². The molecule has 1 fully saturated rings. The van der Waals surface area contributed by atoms with Gasteiger partial charge in [0, 0.05) is 48.8 Å². The molecule has 1 aliphatic rings. The van der Waals surface area contributed by atoms with E-state index in [-0.39, 0.29) is 0 Å². The van der Waals surface area contributed by atoms with Gasteiger partial charge in [0.05, 0.1) is 0 Å². The van der Waals surface area contributed by atoms with Gasteiger partial charge in [0.15, 0.2) is 0 Å². The Morgan fingerprint density at radius 2 is 1.89 bits per heavy atom. The zero-order valence-electron chi connectivity index (χ0n) is 16.0. The number of aromatic amines is 1. The number of carbonyl (C=O) groups is 1. The third-order valence-corrected chi connectivity index (χ3v) is 5.37. The number of benzene rings is 2. The van der Waals surface area contributed by atoms with Crippen molar-refractivity contribution < 1.29 is 14.6 Å². The number of hydrogen-bond donors (Lipinski definition) is 2. The molecule has 2 N–H and O–H groups in total. The van der Waals surface area contributed by atoms with Gasteiger partial charge in [-0.15, -0.1) is 0 Å². The van der Waals surface area contributed by atoms with E-state index < -0.39 is 12.0 Å². The number of carboxylic acids is 1. The number of piperazine rings is 1. The first-order valence-electron chi connectivity index (χ1n) is 9.55. The van der Waals surface area contributed by atoms with Crippen molar-refractivity contribution in [2.75, 3.05) is 33.2 Å². The normalized spacial score (nSPS) is 16.9. The number of nitrogens with zero attached hydrogens (tertiary/aromatic N) is 2. The number of hydrogen-bond acceptors (Lipinski definition) is 4. The topological polar surface area (TPSA) is 68.8 Å². The first kappa shape index (κ1) is 18.5. The fourth-order valence-electron chi connectivity index (χ4n) is 3.74. The maximum absolute atomic E-state index is 12.1. The molecule has 1 unspecified atom stereocenters. The SMILES string of the molecule is CN1CCN(C(C(=O)O)c2c[nH]c3ccc(OCc4ccccc4)cc23)CC1. The molecule has 0 saturated carbocycles. The molecule has 0 bridgehead atoms. The smallest absolute Gasteiger partial charge is 0.325 e. The van der Waals surface area contributed by atoms with E-state index in [1.807, 2.05) is 59.6 Å². The highest BCUT2D eigenvalue weighted by Gasteiger charge is 2.31. The van der Waals surface area contributed by atoms with Crippen LogP contribution in [0.1, 0.15) is 17.2 Å². The quantitative estimate of drug-likeness (QED) is 0.689. The second kappa shape index (κ2) is 8.04. The van der Waals surface area contributed by atoms with Crippen LogP contribution in [0, 0.1) is 0 Å². The molecule has 6 heteroatoms. The van der Waals surface area contributed by atoms with Crippen LogP contribution in [-0.4, -0.2) is 59.1 Å². The van der Waals surface area contributed by atoms with Gasteiger partial charge in [-0.2, -0.15) is 0 Å². The maximum atomic E-state index is 12.1. The largest absolute Gasteiger partial charge is 0.489 e. The highest BCUT2D eigenvalue weighted by Crippen LogP contribution is 2.32. The van der Waals surface area contributed by atoms with Gasteiger partial charge < -0.3 is 19.7 Å². The molecule has 2 aromatic carbocycles. The predicted octanol–water partition coefficient (Wildman–Crippen LogP) is 3.12. The maximum Gasteiger partial charge on any atom is 0.325 e. The summed E-state index contributed by atoms with van der Waals surface area (Å²) in [5, 5.41) is 10.8. The van der Waals surface area contributed by atoms with Crippen molar-refractivity contribution in [3.05, 3.63) is 65.9 Å². The number of carboxylic acid groups (broad SMARTS) is 1. The van der Waals surface area contributed by atoms with E-state index in [1.165, 1.54) is 0 Å². The Balaban J connectivity index is 1.60. The molecule has 3 aromatic rings. The summed E-state index contributed by atoms with van der Waals surface area (Å²) >= 11 is 0. The van der Waals surface area contributed by atoms with Gasteiger partial charge in [-0.05, 0) is 30.8 Å². The van der Waals surface area contributed by atoms with Gasteiger partial charge in [-0.1, -0.05) is 30.3 Å². The number of ether oxygens (including phenoxy) is 1. The van der Waals surface area contributed by atoms with E-state index >= 15 is 0 Å². The molecule has 1 saturated heterocycles. The molecule has 1 aromatic heterocycles. The van der Waals surface area contributed by atoms with Crippen molar-refractivity contribution in [3.63, 3.8) is 0 Å². The minimum absolute atomic E-state index is 0.479. The summed E-state index contributed by atoms with van der Waals surface area (Å²) in [5.74, 6) is -0.0826. The van der Waals surface area contributed by atoms with Gasteiger partial charge in [0.2, 0.25) is 0 Å². The molecule has 0 radical (unpaired) electrons. The Labute approximate surface area is 164 Å². The molecule has 0 aliphatic carbocycles. The van der Waals surface area contributed by atoms with Crippen molar-refractivity contribution >= 4 is 16.9 Å². The first-order valence-corrected chi connectivity index (χ1v) is 9.55. The summed E-state index contributed by atoms with van der Waals surface area (Å²) in [6, 6.07) is 15.1. The first-order chi connectivity index (χ1) is 13.6. The molecule has 28 heavy (non-hydrogen) atoms. The lowest BCUT2D eigenvalue weighted by atomic mass is 10.0. The van der Waals surface area contributed by atoms with Crippen molar-refractivity contribution in [1.82, 2.24) is 14.8 Å². The van der Waals surface area contributed by atoms with E-state index in [9.17, 15) is 9.90 Å². The third kappa shape index (κ3) is 3.88. The second-order valence-electron chi connectivity index (χ2n) is 7.31.